The van der Waals surface area contributed by atoms with Crippen molar-refractivity contribution in [3.8, 4) is 0 Å². The van der Waals surface area contributed by atoms with Gasteiger partial charge in [0.1, 0.15) is 5.82 Å². The molecule has 0 aliphatic carbocycles. The molecular weight excluding hydrogens is 363 g/mol. The van der Waals surface area contributed by atoms with Crippen LogP contribution in [0.4, 0.5) is 19.0 Å². The number of halogens is 3. The lowest BCUT2D eigenvalue weighted by Gasteiger charge is -2.16. The zero-order valence-corrected chi connectivity index (χ0v) is 15.4. The summed E-state index contributed by atoms with van der Waals surface area (Å²) in [5, 5.41) is 11.0. The molecule has 0 aromatic carbocycles. The van der Waals surface area contributed by atoms with Gasteiger partial charge in [-0.05, 0) is 23.6 Å². The molecule has 0 saturated carbocycles. The van der Waals surface area contributed by atoms with E-state index in [2.05, 4.69) is 38.9 Å². The lowest BCUT2D eigenvalue weighted by atomic mass is 10.1. The number of alkyl halides is 3. The normalized spacial score (nSPS) is 13.3. The van der Waals surface area contributed by atoms with Crippen LogP contribution in [0.3, 0.4) is 0 Å². The van der Waals surface area contributed by atoms with Gasteiger partial charge in [-0.25, -0.2) is 4.98 Å². The van der Waals surface area contributed by atoms with Crippen molar-refractivity contribution in [3.05, 3.63) is 46.3 Å². The molecule has 0 aliphatic rings. The predicted octanol–water partition coefficient (Wildman–Crippen LogP) is 3.54. The first-order valence-corrected chi connectivity index (χ1v) is 9.03. The van der Waals surface area contributed by atoms with Crippen molar-refractivity contribution >= 4 is 23.1 Å². The Hall–Kier alpha value is -2.29. The van der Waals surface area contributed by atoms with E-state index in [1.54, 1.807) is 18.4 Å². The largest absolute Gasteiger partial charge is 0.419 e. The summed E-state index contributed by atoms with van der Waals surface area (Å²) in [4.78, 5) is 9.17. The van der Waals surface area contributed by atoms with Crippen molar-refractivity contribution in [1.82, 2.24) is 15.6 Å². The molecule has 2 aromatic heterocycles. The van der Waals surface area contributed by atoms with E-state index < -0.39 is 11.7 Å². The van der Waals surface area contributed by atoms with Crippen LogP contribution in [0.5, 0.6) is 0 Å². The van der Waals surface area contributed by atoms with Crippen LogP contribution < -0.4 is 16.0 Å². The number of thiophene rings is 1. The first-order valence-electron chi connectivity index (χ1n) is 8.16. The molecule has 142 valence electrons. The topological polar surface area (TPSA) is 61.3 Å². The van der Waals surface area contributed by atoms with Crippen molar-refractivity contribution in [3.63, 3.8) is 0 Å². The van der Waals surface area contributed by atoms with Gasteiger partial charge >= 0.3 is 6.18 Å². The number of nitrogens with zero attached hydrogens (tertiary/aromatic N) is 2. The minimum atomic E-state index is -4.43. The molecule has 0 saturated heterocycles. The Balaban J connectivity index is 1.76. The Kier molecular flexibility index (Phi) is 7.26. The van der Waals surface area contributed by atoms with E-state index >= 15 is 0 Å². The third-order valence-corrected chi connectivity index (χ3v) is 4.76. The maximum Gasteiger partial charge on any atom is 0.419 e. The number of hydrogen-bond donors (Lipinski definition) is 3. The highest BCUT2D eigenvalue weighted by atomic mass is 32.1. The zero-order valence-electron chi connectivity index (χ0n) is 14.6. The number of pyridine rings is 1. The molecule has 0 amide bonds. The first-order chi connectivity index (χ1) is 12.4. The number of rotatable bonds is 7. The van der Waals surface area contributed by atoms with Gasteiger partial charge in [0.05, 0.1) is 5.56 Å². The average molecular weight is 385 g/mol. The van der Waals surface area contributed by atoms with E-state index in [4.69, 9.17) is 0 Å². The van der Waals surface area contributed by atoms with Crippen molar-refractivity contribution in [1.29, 1.82) is 0 Å². The van der Waals surface area contributed by atoms with E-state index in [-0.39, 0.29) is 12.4 Å². The van der Waals surface area contributed by atoms with Crippen LogP contribution >= 0.6 is 11.3 Å². The van der Waals surface area contributed by atoms with Crippen LogP contribution in [-0.2, 0) is 6.18 Å². The number of hydrogen-bond acceptors (Lipinski definition) is 4. The summed E-state index contributed by atoms with van der Waals surface area (Å²) in [7, 11) is 1.65. The third-order valence-electron chi connectivity index (χ3n) is 3.65. The van der Waals surface area contributed by atoms with Gasteiger partial charge in [0.2, 0.25) is 0 Å². The van der Waals surface area contributed by atoms with Gasteiger partial charge in [-0.15, -0.1) is 11.3 Å². The zero-order chi connectivity index (χ0) is 19.0. The van der Waals surface area contributed by atoms with Crippen LogP contribution in [-0.4, -0.2) is 37.6 Å². The Morgan fingerprint density at radius 3 is 2.69 bits per heavy atom. The van der Waals surface area contributed by atoms with Gasteiger partial charge in [0.25, 0.3) is 0 Å². The summed E-state index contributed by atoms with van der Waals surface area (Å²) in [5.74, 6) is 0.776. The molecule has 2 rings (SSSR count). The molecule has 1 unspecified atom stereocenters. The van der Waals surface area contributed by atoms with Crippen LogP contribution in [0, 0.1) is 0 Å². The molecule has 1 atom stereocenters. The van der Waals surface area contributed by atoms with Gasteiger partial charge in [0.15, 0.2) is 5.96 Å². The monoisotopic (exact) mass is 385 g/mol. The molecule has 5 nitrogen and oxygen atoms in total. The first kappa shape index (κ1) is 20.0. The molecule has 0 bridgehead atoms. The predicted molar refractivity (Wildman–Crippen MR) is 99.8 cm³/mol. The Labute approximate surface area is 154 Å². The van der Waals surface area contributed by atoms with Crippen molar-refractivity contribution in [2.45, 2.75) is 19.0 Å². The van der Waals surface area contributed by atoms with E-state index in [0.717, 1.165) is 6.07 Å². The van der Waals surface area contributed by atoms with Gasteiger partial charge in [-0.1, -0.05) is 13.0 Å². The van der Waals surface area contributed by atoms with Gasteiger partial charge < -0.3 is 16.0 Å². The van der Waals surface area contributed by atoms with Gasteiger partial charge in [-0.2, -0.15) is 13.2 Å². The highest BCUT2D eigenvalue weighted by Crippen LogP contribution is 2.33. The second-order valence-corrected chi connectivity index (χ2v) is 6.60. The van der Waals surface area contributed by atoms with Crippen molar-refractivity contribution in [2.24, 2.45) is 4.99 Å². The lowest BCUT2D eigenvalue weighted by molar-refractivity contribution is -0.137. The molecule has 9 heteroatoms. The van der Waals surface area contributed by atoms with Crippen LogP contribution in [0.15, 0.2) is 40.8 Å². The molecule has 0 aliphatic heterocycles. The summed E-state index contributed by atoms with van der Waals surface area (Å²) in [6, 6.07) is 6.38. The molecule has 0 spiro atoms. The maximum atomic E-state index is 12.9. The molecule has 0 radical (unpaired) electrons. The quantitative estimate of drug-likeness (QED) is 0.388. The number of aliphatic imine (C=N–C) groups is 1. The van der Waals surface area contributed by atoms with E-state index in [9.17, 15) is 13.2 Å². The van der Waals surface area contributed by atoms with Crippen molar-refractivity contribution in [2.75, 3.05) is 32.0 Å². The van der Waals surface area contributed by atoms with Gasteiger partial charge in [0, 0.05) is 43.7 Å². The molecule has 2 heterocycles. The fraction of sp³-hybridized carbons (Fsp3) is 0.412. The highest BCUT2D eigenvalue weighted by Gasteiger charge is 2.33. The Morgan fingerprint density at radius 2 is 2.04 bits per heavy atom. The second kappa shape index (κ2) is 9.42. The Bertz CT molecular complexity index is 701. The fourth-order valence-corrected chi connectivity index (χ4v) is 3.07. The number of anilines is 1. The highest BCUT2D eigenvalue weighted by molar-refractivity contribution is 7.10. The lowest BCUT2D eigenvalue weighted by Crippen LogP contribution is -2.41. The van der Waals surface area contributed by atoms with Crippen LogP contribution in [0.25, 0.3) is 0 Å². The minimum absolute atomic E-state index is 0.170. The van der Waals surface area contributed by atoms with Crippen LogP contribution in [0.1, 0.15) is 23.3 Å². The third kappa shape index (κ3) is 5.91. The van der Waals surface area contributed by atoms with E-state index in [0.29, 0.717) is 25.0 Å². The molecule has 3 N–H and O–H groups in total. The van der Waals surface area contributed by atoms with Crippen molar-refractivity contribution < 1.29 is 13.2 Å². The smallest absolute Gasteiger partial charge is 0.368 e. The molecule has 26 heavy (non-hydrogen) atoms. The SMILES string of the molecule is CN=C(NCCNc1ncccc1C(F)(F)F)NCC(C)c1cccs1. The van der Waals surface area contributed by atoms with E-state index in [1.807, 2.05) is 11.4 Å². The van der Waals surface area contributed by atoms with Gasteiger partial charge in [-0.3, -0.25) is 4.99 Å². The summed E-state index contributed by atoms with van der Waals surface area (Å²) in [6.07, 6.45) is -3.10. The number of nitrogens with one attached hydrogen (secondary N) is 3. The maximum absolute atomic E-state index is 12.9. The summed E-state index contributed by atoms with van der Waals surface area (Å²) >= 11 is 1.70. The fourth-order valence-electron chi connectivity index (χ4n) is 2.28. The number of aromatic nitrogens is 1. The summed E-state index contributed by atoms with van der Waals surface area (Å²) < 4.78 is 38.7. The second-order valence-electron chi connectivity index (χ2n) is 5.62. The van der Waals surface area contributed by atoms with Crippen LogP contribution in [0.2, 0.25) is 0 Å². The number of guanidine groups is 1. The average Bonchev–Trinajstić information content (AvgIpc) is 3.15. The molecule has 0 fully saturated rings. The molecule has 2 aromatic rings. The Morgan fingerprint density at radius 1 is 1.23 bits per heavy atom. The minimum Gasteiger partial charge on any atom is -0.368 e. The summed E-state index contributed by atoms with van der Waals surface area (Å²) in [5.41, 5.74) is -0.771. The molecular formula is C17H22F3N5S. The standard InChI is InChI=1S/C17H22F3N5S/c1-12(14-6-4-10-26-14)11-25-16(21-2)24-9-8-23-15-13(17(18,19)20)5-3-7-22-15/h3-7,10,12H,8-9,11H2,1-2H3,(H,22,23)(H2,21,24,25). The van der Waals surface area contributed by atoms with E-state index in [1.165, 1.54) is 17.1 Å². The summed E-state index contributed by atoms with van der Waals surface area (Å²) in [6.45, 7) is 3.52.